The van der Waals surface area contributed by atoms with E-state index in [2.05, 4.69) is 0 Å². The molecule has 6 nitrogen and oxygen atoms in total. The standard InChI is InChI=1S/C16H22N2O4/c1-4-17(5-2)16(20)11-18(12(3)19)13-6-7-14-15(10-13)22-9-8-21-14/h6-7,10H,4-5,8-9,11H2,1-3H3. The van der Waals surface area contributed by atoms with Crippen LogP contribution < -0.4 is 14.4 Å². The van der Waals surface area contributed by atoms with Crippen molar-refractivity contribution in [3.8, 4) is 11.5 Å². The lowest BCUT2D eigenvalue weighted by molar-refractivity contribution is -0.130. The maximum absolute atomic E-state index is 12.3. The van der Waals surface area contributed by atoms with Crippen molar-refractivity contribution in [2.75, 3.05) is 37.7 Å². The van der Waals surface area contributed by atoms with Gasteiger partial charge >= 0.3 is 0 Å². The Bertz CT molecular complexity index is 555. The Morgan fingerprint density at radius 2 is 1.73 bits per heavy atom. The number of carbonyl (C=O) groups is 2. The summed E-state index contributed by atoms with van der Waals surface area (Å²) >= 11 is 0. The minimum atomic E-state index is -0.183. The number of hydrogen-bond donors (Lipinski definition) is 0. The Morgan fingerprint density at radius 1 is 1.09 bits per heavy atom. The molecule has 1 heterocycles. The van der Waals surface area contributed by atoms with Gasteiger partial charge in [0.1, 0.15) is 19.8 Å². The van der Waals surface area contributed by atoms with Crippen LogP contribution in [0.4, 0.5) is 5.69 Å². The highest BCUT2D eigenvalue weighted by atomic mass is 16.6. The highest BCUT2D eigenvalue weighted by Gasteiger charge is 2.21. The van der Waals surface area contributed by atoms with Crippen molar-refractivity contribution in [3.63, 3.8) is 0 Å². The minimum Gasteiger partial charge on any atom is -0.486 e. The molecule has 1 aliphatic heterocycles. The first-order valence-corrected chi connectivity index (χ1v) is 7.52. The smallest absolute Gasteiger partial charge is 0.242 e. The van der Waals surface area contributed by atoms with E-state index in [-0.39, 0.29) is 18.4 Å². The summed E-state index contributed by atoms with van der Waals surface area (Å²) in [6, 6.07) is 5.28. The monoisotopic (exact) mass is 306 g/mol. The van der Waals surface area contributed by atoms with Gasteiger partial charge in [0.05, 0.1) is 0 Å². The number of carbonyl (C=O) groups excluding carboxylic acids is 2. The first-order chi connectivity index (χ1) is 10.6. The van der Waals surface area contributed by atoms with E-state index < -0.39 is 0 Å². The van der Waals surface area contributed by atoms with Crippen molar-refractivity contribution in [3.05, 3.63) is 18.2 Å². The normalized spacial score (nSPS) is 12.7. The fourth-order valence-electron chi connectivity index (χ4n) is 2.40. The highest BCUT2D eigenvalue weighted by molar-refractivity contribution is 5.97. The highest BCUT2D eigenvalue weighted by Crippen LogP contribution is 2.34. The van der Waals surface area contributed by atoms with Crippen LogP contribution in [0.25, 0.3) is 0 Å². The molecule has 2 amide bonds. The number of amides is 2. The molecule has 120 valence electrons. The van der Waals surface area contributed by atoms with Crippen LogP contribution in [0.5, 0.6) is 11.5 Å². The van der Waals surface area contributed by atoms with Gasteiger partial charge in [-0.1, -0.05) is 0 Å². The molecule has 0 aliphatic carbocycles. The van der Waals surface area contributed by atoms with E-state index in [0.29, 0.717) is 43.5 Å². The Hall–Kier alpha value is -2.24. The number of anilines is 1. The molecule has 0 bridgehead atoms. The first kappa shape index (κ1) is 16.1. The second-order valence-corrected chi connectivity index (χ2v) is 5.00. The fraction of sp³-hybridized carbons (Fsp3) is 0.500. The number of fused-ring (bicyclic) bond motifs is 1. The van der Waals surface area contributed by atoms with Crippen molar-refractivity contribution < 1.29 is 19.1 Å². The summed E-state index contributed by atoms with van der Waals surface area (Å²) in [5, 5.41) is 0. The zero-order chi connectivity index (χ0) is 16.1. The van der Waals surface area contributed by atoms with E-state index in [1.807, 2.05) is 13.8 Å². The zero-order valence-electron chi connectivity index (χ0n) is 13.3. The van der Waals surface area contributed by atoms with Crippen LogP contribution in [0.2, 0.25) is 0 Å². The minimum absolute atomic E-state index is 0.0245. The fourth-order valence-corrected chi connectivity index (χ4v) is 2.40. The average Bonchev–Trinajstić information content (AvgIpc) is 2.53. The third-order valence-corrected chi connectivity index (χ3v) is 3.63. The maximum Gasteiger partial charge on any atom is 0.242 e. The molecular weight excluding hydrogens is 284 g/mol. The van der Waals surface area contributed by atoms with E-state index in [4.69, 9.17) is 9.47 Å². The van der Waals surface area contributed by atoms with E-state index >= 15 is 0 Å². The van der Waals surface area contributed by atoms with E-state index in [1.54, 1.807) is 23.1 Å². The van der Waals surface area contributed by atoms with Gasteiger partial charge in [0.15, 0.2) is 11.5 Å². The van der Waals surface area contributed by atoms with Gasteiger partial charge in [-0.05, 0) is 26.0 Å². The van der Waals surface area contributed by atoms with Gasteiger partial charge in [0.2, 0.25) is 11.8 Å². The van der Waals surface area contributed by atoms with Crippen molar-refractivity contribution >= 4 is 17.5 Å². The van der Waals surface area contributed by atoms with Crippen molar-refractivity contribution in [2.24, 2.45) is 0 Å². The van der Waals surface area contributed by atoms with Crippen LogP contribution in [0.3, 0.4) is 0 Å². The summed E-state index contributed by atoms with van der Waals surface area (Å²) < 4.78 is 11.0. The van der Waals surface area contributed by atoms with Gasteiger partial charge in [-0.2, -0.15) is 0 Å². The summed E-state index contributed by atoms with van der Waals surface area (Å²) in [5.41, 5.74) is 0.636. The Morgan fingerprint density at radius 3 is 2.32 bits per heavy atom. The molecule has 22 heavy (non-hydrogen) atoms. The molecule has 6 heteroatoms. The molecule has 0 unspecified atom stereocenters. The van der Waals surface area contributed by atoms with E-state index in [1.165, 1.54) is 11.8 Å². The van der Waals surface area contributed by atoms with Crippen LogP contribution in [-0.2, 0) is 9.59 Å². The molecule has 1 aromatic carbocycles. The van der Waals surface area contributed by atoms with Crippen LogP contribution in [0, 0.1) is 0 Å². The SMILES string of the molecule is CCN(CC)C(=O)CN(C(C)=O)c1ccc2c(c1)OCCO2. The van der Waals surface area contributed by atoms with Gasteiger partial charge in [0, 0.05) is 31.8 Å². The quantitative estimate of drug-likeness (QED) is 0.830. The summed E-state index contributed by atoms with van der Waals surface area (Å²) in [6.45, 7) is 7.57. The lowest BCUT2D eigenvalue weighted by Gasteiger charge is -2.26. The summed E-state index contributed by atoms with van der Waals surface area (Å²) in [6.07, 6.45) is 0. The Kier molecular flexibility index (Phi) is 5.25. The van der Waals surface area contributed by atoms with Crippen LogP contribution in [0.1, 0.15) is 20.8 Å². The molecular formula is C16H22N2O4. The molecule has 0 aromatic heterocycles. The van der Waals surface area contributed by atoms with Crippen molar-refractivity contribution in [1.82, 2.24) is 4.90 Å². The zero-order valence-corrected chi connectivity index (χ0v) is 13.3. The van der Waals surface area contributed by atoms with Gasteiger partial charge in [0.25, 0.3) is 0 Å². The molecule has 1 aliphatic rings. The molecule has 1 aromatic rings. The molecule has 2 rings (SSSR count). The van der Waals surface area contributed by atoms with Gasteiger partial charge in [-0.15, -0.1) is 0 Å². The Balaban J connectivity index is 2.21. The van der Waals surface area contributed by atoms with Crippen LogP contribution in [-0.4, -0.2) is 49.6 Å². The molecule has 0 saturated heterocycles. The van der Waals surface area contributed by atoms with Gasteiger partial charge in [-0.25, -0.2) is 0 Å². The summed E-state index contributed by atoms with van der Waals surface area (Å²) in [4.78, 5) is 27.3. The number of benzene rings is 1. The lowest BCUT2D eigenvalue weighted by atomic mass is 10.2. The van der Waals surface area contributed by atoms with Crippen LogP contribution in [0.15, 0.2) is 18.2 Å². The molecule has 0 atom stereocenters. The summed E-state index contributed by atoms with van der Waals surface area (Å²) in [7, 11) is 0. The van der Waals surface area contributed by atoms with Crippen LogP contribution >= 0.6 is 0 Å². The Labute approximate surface area is 130 Å². The third kappa shape index (κ3) is 3.50. The van der Waals surface area contributed by atoms with E-state index in [0.717, 1.165) is 0 Å². The number of hydrogen-bond acceptors (Lipinski definition) is 4. The largest absolute Gasteiger partial charge is 0.486 e. The molecule has 0 spiro atoms. The topological polar surface area (TPSA) is 59.1 Å². The summed E-state index contributed by atoms with van der Waals surface area (Å²) in [5.74, 6) is 1.01. The van der Waals surface area contributed by atoms with Gasteiger partial charge in [-0.3, -0.25) is 9.59 Å². The number of rotatable bonds is 5. The second kappa shape index (κ2) is 7.15. The maximum atomic E-state index is 12.3. The average molecular weight is 306 g/mol. The van der Waals surface area contributed by atoms with Crippen molar-refractivity contribution in [2.45, 2.75) is 20.8 Å². The number of ether oxygens (including phenoxy) is 2. The second-order valence-electron chi connectivity index (χ2n) is 5.00. The third-order valence-electron chi connectivity index (χ3n) is 3.63. The predicted molar refractivity (Wildman–Crippen MR) is 83.4 cm³/mol. The molecule has 0 radical (unpaired) electrons. The van der Waals surface area contributed by atoms with Gasteiger partial charge < -0.3 is 19.3 Å². The molecule has 0 saturated carbocycles. The molecule has 0 N–H and O–H groups in total. The van der Waals surface area contributed by atoms with E-state index in [9.17, 15) is 9.59 Å². The number of likely N-dealkylation sites (N-methyl/N-ethyl adjacent to an activating group) is 1. The lowest BCUT2D eigenvalue weighted by Crippen LogP contribution is -2.42. The first-order valence-electron chi connectivity index (χ1n) is 7.52. The predicted octanol–water partition coefficient (Wildman–Crippen LogP) is 1.68. The molecule has 0 fully saturated rings. The van der Waals surface area contributed by atoms with Crippen molar-refractivity contribution in [1.29, 1.82) is 0 Å². The number of nitrogens with zero attached hydrogens (tertiary/aromatic N) is 2.